The zero-order valence-electron chi connectivity index (χ0n) is 27.1. The van der Waals surface area contributed by atoms with Crippen LogP contribution in [0.15, 0.2) is 54.6 Å². The van der Waals surface area contributed by atoms with Crippen LogP contribution in [0.3, 0.4) is 0 Å². The van der Waals surface area contributed by atoms with E-state index >= 15 is 0 Å². The Hall–Kier alpha value is -4.29. The highest BCUT2D eigenvalue weighted by atomic mass is 16.4. The first-order valence-electron chi connectivity index (χ1n) is 16.3. The van der Waals surface area contributed by atoms with E-state index in [9.17, 15) is 24.0 Å². The van der Waals surface area contributed by atoms with Crippen molar-refractivity contribution in [2.24, 2.45) is 5.92 Å². The van der Waals surface area contributed by atoms with Gasteiger partial charge in [-0.05, 0) is 76.1 Å². The second-order valence-electron chi connectivity index (χ2n) is 13.0. The lowest BCUT2D eigenvalue weighted by Gasteiger charge is -2.39. The van der Waals surface area contributed by atoms with E-state index in [1.165, 1.54) is 0 Å². The molecule has 0 radical (unpaired) electrons. The largest absolute Gasteiger partial charge is 0.481 e. The van der Waals surface area contributed by atoms with Gasteiger partial charge < -0.3 is 35.8 Å². The molecule has 3 heterocycles. The summed E-state index contributed by atoms with van der Waals surface area (Å²) in [5.41, 5.74) is 2.70. The number of nitrogens with zero attached hydrogens (tertiary/aromatic N) is 2. The van der Waals surface area contributed by atoms with Gasteiger partial charge in [-0.25, -0.2) is 4.79 Å². The van der Waals surface area contributed by atoms with Crippen molar-refractivity contribution in [3.05, 3.63) is 65.7 Å². The fraction of sp³-hybridized carbons (Fsp3) is 0.514. The number of carboxylic acids is 2. The number of aliphatic carboxylic acids is 2. The molecule has 5 rings (SSSR count). The lowest BCUT2D eigenvalue weighted by Crippen LogP contribution is -2.55. The summed E-state index contributed by atoms with van der Waals surface area (Å²) in [4.78, 5) is 63.5. The van der Waals surface area contributed by atoms with Gasteiger partial charge in [0, 0.05) is 31.4 Å². The van der Waals surface area contributed by atoms with Gasteiger partial charge in [0.1, 0.15) is 6.04 Å². The number of hydrogen-bond acceptors (Lipinski definition) is 7. The first-order chi connectivity index (χ1) is 22.4. The first kappa shape index (κ1) is 35.6. The summed E-state index contributed by atoms with van der Waals surface area (Å²) >= 11 is 0. The Kier molecular flexibility index (Phi) is 12.1. The van der Waals surface area contributed by atoms with Crippen LogP contribution in [0.2, 0.25) is 0 Å². The number of hydrogen-bond donors (Lipinski definition) is 5. The standard InChI is InChI=1S/C31H40N4O3.C4H6O5/c1-31(2)25-12-6-7-13-27(25)35(30(31)38)24-16-19-34(20-17-24)29(37)26(15-14-22-9-4-3-5-10-22)33-28(36)23-11-8-18-32-21-23;5-2(4(8)9)1-3(6)7/h3-7,9-10,12-13,23-24,26,32H,8,11,14-21H2,1-2H3,(H,33,36);2,5H,1H2,(H,6,7)(H,8,9)/t23-,26+;2-/m10/s1. The quantitative estimate of drug-likeness (QED) is 0.258. The molecular weight excluding hydrogens is 604 g/mol. The Balaban J connectivity index is 0.000000488. The van der Waals surface area contributed by atoms with Crippen molar-refractivity contribution in [3.63, 3.8) is 0 Å². The van der Waals surface area contributed by atoms with Gasteiger partial charge in [0.2, 0.25) is 17.7 Å². The summed E-state index contributed by atoms with van der Waals surface area (Å²) in [6, 6.07) is 17.7. The number of aliphatic hydroxyl groups is 1. The van der Waals surface area contributed by atoms with E-state index in [2.05, 4.69) is 22.8 Å². The first-order valence-corrected chi connectivity index (χ1v) is 16.3. The number of nitrogens with one attached hydrogen (secondary N) is 2. The molecule has 0 aliphatic carbocycles. The van der Waals surface area contributed by atoms with Crippen LogP contribution < -0.4 is 15.5 Å². The van der Waals surface area contributed by atoms with E-state index in [4.69, 9.17) is 15.3 Å². The summed E-state index contributed by atoms with van der Waals surface area (Å²) in [5.74, 6) is -2.84. The van der Waals surface area contributed by atoms with Crippen LogP contribution in [-0.4, -0.2) is 94.2 Å². The summed E-state index contributed by atoms with van der Waals surface area (Å²) in [6.07, 6.45) is 2.04. The van der Waals surface area contributed by atoms with Crippen molar-refractivity contribution in [2.45, 2.75) is 82.4 Å². The zero-order valence-corrected chi connectivity index (χ0v) is 27.1. The van der Waals surface area contributed by atoms with Crippen LogP contribution in [0.25, 0.3) is 0 Å². The highest BCUT2D eigenvalue weighted by Crippen LogP contribution is 2.43. The third-order valence-corrected chi connectivity index (χ3v) is 9.23. The monoisotopic (exact) mass is 650 g/mol. The fourth-order valence-electron chi connectivity index (χ4n) is 6.50. The van der Waals surface area contributed by atoms with Gasteiger partial charge in [0.25, 0.3) is 0 Å². The van der Waals surface area contributed by atoms with Gasteiger partial charge in [-0.3, -0.25) is 19.2 Å². The number of anilines is 1. The summed E-state index contributed by atoms with van der Waals surface area (Å²) in [5, 5.41) is 30.6. The molecule has 2 fully saturated rings. The number of fused-ring (bicyclic) bond motifs is 1. The minimum Gasteiger partial charge on any atom is -0.481 e. The number of amides is 3. The Labute approximate surface area is 275 Å². The summed E-state index contributed by atoms with van der Waals surface area (Å²) < 4.78 is 0. The van der Waals surface area contributed by atoms with E-state index in [0.717, 1.165) is 55.5 Å². The molecule has 0 saturated carbocycles. The Morgan fingerprint density at radius 3 is 2.23 bits per heavy atom. The number of aliphatic hydroxyl groups excluding tert-OH is 1. The zero-order chi connectivity index (χ0) is 34.1. The molecule has 2 aromatic carbocycles. The van der Waals surface area contributed by atoms with Crippen molar-refractivity contribution in [1.82, 2.24) is 15.5 Å². The van der Waals surface area contributed by atoms with Crippen molar-refractivity contribution >= 4 is 35.3 Å². The van der Waals surface area contributed by atoms with Crippen LogP contribution in [-0.2, 0) is 35.8 Å². The number of benzene rings is 2. The fourth-order valence-corrected chi connectivity index (χ4v) is 6.50. The normalized spacial score (nSPS) is 20.3. The molecule has 0 aromatic heterocycles. The molecule has 0 unspecified atom stereocenters. The summed E-state index contributed by atoms with van der Waals surface area (Å²) in [6.45, 7) is 6.76. The Bertz CT molecular complexity index is 1420. The molecular formula is C35H46N4O8. The molecule has 47 heavy (non-hydrogen) atoms. The van der Waals surface area contributed by atoms with Crippen molar-refractivity contribution < 1.29 is 39.3 Å². The number of carbonyl (C=O) groups is 5. The van der Waals surface area contributed by atoms with Gasteiger partial charge in [0.15, 0.2) is 6.10 Å². The third kappa shape index (κ3) is 8.95. The molecule has 3 aliphatic heterocycles. The van der Waals surface area contributed by atoms with Crippen LogP contribution >= 0.6 is 0 Å². The van der Waals surface area contributed by atoms with Gasteiger partial charge in [-0.15, -0.1) is 0 Å². The predicted octanol–water partition coefficient (Wildman–Crippen LogP) is 2.33. The molecule has 3 aliphatic rings. The minimum absolute atomic E-state index is 0.00928. The number of rotatable bonds is 10. The molecule has 3 atom stereocenters. The number of para-hydroxylation sites is 1. The number of piperidine rings is 2. The number of carbonyl (C=O) groups excluding carboxylic acids is 3. The second kappa shape index (κ2) is 16.0. The van der Waals surface area contributed by atoms with Crippen LogP contribution in [0.4, 0.5) is 5.69 Å². The van der Waals surface area contributed by atoms with Crippen LogP contribution in [0, 0.1) is 5.92 Å². The number of likely N-dealkylation sites (tertiary alicyclic amines) is 1. The second-order valence-corrected chi connectivity index (χ2v) is 13.0. The average Bonchev–Trinajstić information content (AvgIpc) is 3.27. The molecule has 0 spiro atoms. The molecule has 254 valence electrons. The molecule has 0 bridgehead atoms. The Morgan fingerprint density at radius 1 is 0.979 bits per heavy atom. The van der Waals surface area contributed by atoms with Crippen molar-refractivity contribution in [1.29, 1.82) is 0 Å². The smallest absolute Gasteiger partial charge is 0.333 e. The predicted molar refractivity (Wildman–Crippen MR) is 175 cm³/mol. The van der Waals surface area contributed by atoms with Crippen LogP contribution in [0.1, 0.15) is 63.5 Å². The molecule has 2 aromatic rings. The van der Waals surface area contributed by atoms with E-state index in [1.54, 1.807) is 0 Å². The van der Waals surface area contributed by atoms with E-state index in [1.807, 2.05) is 66.1 Å². The van der Waals surface area contributed by atoms with Crippen molar-refractivity contribution in [2.75, 3.05) is 31.1 Å². The maximum Gasteiger partial charge on any atom is 0.333 e. The lowest BCUT2D eigenvalue weighted by atomic mass is 9.86. The van der Waals surface area contributed by atoms with Gasteiger partial charge >= 0.3 is 11.9 Å². The lowest BCUT2D eigenvalue weighted by molar-refractivity contribution is -0.152. The highest BCUT2D eigenvalue weighted by Gasteiger charge is 2.47. The highest BCUT2D eigenvalue weighted by molar-refractivity contribution is 6.08. The maximum atomic E-state index is 13.7. The summed E-state index contributed by atoms with van der Waals surface area (Å²) in [7, 11) is 0. The van der Waals surface area contributed by atoms with Crippen LogP contribution in [0.5, 0.6) is 0 Å². The molecule has 12 heteroatoms. The van der Waals surface area contributed by atoms with Gasteiger partial charge in [0.05, 0.1) is 17.8 Å². The van der Waals surface area contributed by atoms with Gasteiger partial charge in [-0.1, -0.05) is 48.5 Å². The minimum atomic E-state index is -1.79. The van der Waals surface area contributed by atoms with E-state index < -0.39 is 35.9 Å². The van der Waals surface area contributed by atoms with Gasteiger partial charge in [-0.2, -0.15) is 0 Å². The third-order valence-electron chi connectivity index (χ3n) is 9.23. The van der Waals surface area contributed by atoms with E-state index in [0.29, 0.717) is 26.1 Å². The molecule has 2 saturated heterocycles. The maximum absolute atomic E-state index is 13.7. The molecule has 5 N–H and O–H groups in total. The van der Waals surface area contributed by atoms with E-state index in [-0.39, 0.29) is 29.7 Å². The SMILES string of the molecule is CC1(C)C(=O)N(C2CCN(C(=O)[C@H](CCc3ccccc3)NC(=O)[C@@H]3CCCNC3)CC2)c2ccccc21.O=C(O)C[C@H](O)C(=O)O. The number of aryl methyl sites for hydroxylation is 1. The Morgan fingerprint density at radius 2 is 1.64 bits per heavy atom. The molecule has 3 amide bonds. The topological polar surface area (TPSA) is 177 Å². The molecule has 12 nitrogen and oxygen atoms in total. The van der Waals surface area contributed by atoms with Crippen molar-refractivity contribution in [3.8, 4) is 0 Å². The number of carboxylic acid groups (broad SMARTS) is 2. The average molecular weight is 651 g/mol.